The molecule has 0 saturated heterocycles. The number of aryl methyl sites for hydroxylation is 2. The fourth-order valence-corrected chi connectivity index (χ4v) is 5.57. The van der Waals surface area contributed by atoms with Gasteiger partial charge in [-0.2, -0.15) is 4.31 Å². The summed E-state index contributed by atoms with van der Waals surface area (Å²) in [7, 11) is -2.18. The third-order valence-electron chi connectivity index (χ3n) is 4.78. The maximum absolute atomic E-state index is 12.4. The number of nitrogens with one attached hydrogen (secondary N) is 1. The summed E-state index contributed by atoms with van der Waals surface area (Å²) >= 11 is 1.15. The Labute approximate surface area is 159 Å². The van der Waals surface area contributed by atoms with E-state index in [-0.39, 0.29) is 22.7 Å². The summed E-state index contributed by atoms with van der Waals surface area (Å²) < 4.78 is 26.1. The van der Waals surface area contributed by atoms with Gasteiger partial charge in [-0.1, -0.05) is 24.3 Å². The fraction of sp³-hybridized carbons (Fsp3) is 0.421. The van der Waals surface area contributed by atoms with Crippen LogP contribution in [0.4, 0.5) is 0 Å². The number of hydrogen-bond acceptors (Lipinski definition) is 4. The summed E-state index contributed by atoms with van der Waals surface area (Å²) in [6.07, 6.45) is 4.67. The van der Waals surface area contributed by atoms with Crippen molar-refractivity contribution in [3.63, 3.8) is 0 Å². The lowest BCUT2D eigenvalue weighted by Gasteiger charge is -2.21. The number of benzene rings is 1. The molecule has 1 aliphatic rings. The molecule has 5 nitrogen and oxygen atoms in total. The first-order valence-electron chi connectivity index (χ1n) is 8.79. The van der Waals surface area contributed by atoms with Crippen LogP contribution in [-0.4, -0.2) is 32.2 Å². The van der Waals surface area contributed by atoms with Gasteiger partial charge in [-0.25, -0.2) is 8.42 Å². The molecule has 1 aliphatic carbocycles. The number of carbonyl (C=O) groups excluding carboxylic acids is 1. The first-order valence-corrected chi connectivity index (χ1v) is 11.1. The zero-order chi connectivity index (χ0) is 18.7. The molecule has 0 saturated carbocycles. The van der Waals surface area contributed by atoms with Gasteiger partial charge >= 0.3 is 0 Å². The predicted molar refractivity (Wildman–Crippen MR) is 104 cm³/mol. The molecule has 7 heteroatoms. The van der Waals surface area contributed by atoms with Crippen LogP contribution in [0, 0.1) is 0 Å². The van der Waals surface area contributed by atoms with E-state index in [9.17, 15) is 13.2 Å². The lowest BCUT2D eigenvalue weighted by molar-refractivity contribution is -0.121. The van der Waals surface area contributed by atoms with Crippen molar-refractivity contribution in [1.29, 1.82) is 0 Å². The van der Waals surface area contributed by atoms with Crippen molar-refractivity contribution >= 4 is 27.3 Å². The topological polar surface area (TPSA) is 66.5 Å². The Hall–Kier alpha value is -1.70. The van der Waals surface area contributed by atoms with Gasteiger partial charge in [-0.05, 0) is 60.7 Å². The minimum absolute atomic E-state index is 0.160. The summed E-state index contributed by atoms with van der Waals surface area (Å²) in [5.74, 6) is -0.308. The van der Waals surface area contributed by atoms with Gasteiger partial charge in [0.2, 0.25) is 5.91 Å². The van der Waals surface area contributed by atoms with E-state index in [4.69, 9.17) is 0 Å². The second-order valence-electron chi connectivity index (χ2n) is 6.72. The average molecular weight is 393 g/mol. The van der Waals surface area contributed by atoms with Crippen LogP contribution in [0.15, 0.2) is 39.9 Å². The number of carbonyl (C=O) groups is 1. The van der Waals surface area contributed by atoms with Crippen molar-refractivity contribution in [3.05, 3.63) is 52.4 Å². The molecule has 0 spiro atoms. The Bertz CT molecular complexity index is 876. The van der Waals surface area contributed by atoms with Crippen LogP contribution >= 0.6 is 11.3 Å². The van der Waals surface area contributed by atoms with Crippen LogP contribution in [0.2, 0.25) is 0 Å². The smallest absolute Gasteiger partial charge is 0.252 e. The van der Waals surface area contributed by atoms with Gasteiger partial charge in [0.05, 0.1) is 12.6 Å². The minimum atomic E-state index is -3.61. The molecule has 1 N–H and O–H groups in total. The Morgan fingerprint density at radius 3 is 2.65 bits per heavy atom. The van der Waals surface area contributed by atoms with E-state index >= 15 is 0 Å². The van der Waals surface area contributed by atoms with Crippen molar-refractivity contribution in [2.75, 3.05) is 13.6 Å². The normalized spacial score (nSPS) is 15.5. The van der Waals surface area contributed by atoms with Gasteiger partial charge in [0.25, 0.3) is 10.0 Å². The molecule has 0 fully saturated rings. The molecule has 2 aromatic rings. The number of amides is 1. The zero-order valence-electron chi connectivity index (χ0n) is 15.1. The quantitative estimate of drug-likeness (QED) is 0.821. The molecule has 0 radical (unpaired) electrons. The molecular weight excluding hydrogens is 368 g/mol. The third kappa shape index (κ3) is 4.16. The number of likely N-dealkylation sites (N-methyl/N-ethyl adjacent to an activating group) is 1. The second kappa shape index (κ2) is 7.90. The van der Waals surface area contributed by atoms with Gasteiger partial charge in [0, 0.05) is 7.05 Å². The van der Waals surface area contributed by atoms with E-state index in [1.165, 1.54) is 31.0 Å². The highest BCUT2D eigenvalue weighted by Crippen LogP contribution is 2.25. The van der Waals surface area contributed by atoms with Crippen molar-refractivity contribution in [1.82, 2.24) is 9.62 Å². The first kappa shape index (κ1) is 19.1. The number of fused-ring (bicyclic) bond motifs is 1. The molecule has 1 unspecified atom stereocenters. The summed E-state index contributed by atoms with van der Waals surface area (Å²) in [6, 6.07) is 9.45. The Kier molecular flexibility index (Phi) is 5.79. The number of nitrogens with zero attached hydrogens (tertiary/aromatic N) is 1. The predicted octanol–water partition coefficient (Wildman–Crippen LogP) is 3.12. The minimum Gasteiger partial charge on any atom is -0.348 e. The van der Waals surface area contributed by atoms with E-state index in [1.807, 2.05) is 6.92 Å². The molecule has 1 atom stereocenters. The molecule has 3 rings (SSSR count). The number of thiophene rings is 1. The maximum Gasteiger partial charge on any atom is 0.252 e. The number of rotatable bonds is 6. The highest BCUT2D eigenvalue weighted by atomic mass is 32.2. The van der Waals surface area contributed by atoms with Gasteiger partial charge in [-0.15, -0.1) is 11.3 Å². The summed E-state index contributed by atoms with van der Waals surface area (Å²) in [4.78, 5) is 12.3. The highest BCUT2D eigenvalue weighted by molar-refractivity contribution is 7.91. The van der Waals surface area contributed by atoms with Crippen molar-refractivity contribution < 1.29 is 13.2 Å². The zero-order valence-corrected chi connectivity index (χ0v) is 16.7. The lowest BCUT2D eigenvalue weighted by Crippen LogP contribution is -2.39. The second-order valence-corrected chi connectivity index (χ2v) is 9.94. The molecule has 0 aliphatic heterocycles. The van der Waals surface area contributed by atoms with E-state index < -0.39 is 10.0 Å². The van der Waals surface area contributed by atoms with E-state index in [0.29, 0.717) is 0 Å². The SMILES string of the molecule is CC(NC(=O)CN(C)S(=O)(=O)c1cccs1)c1ccc2c(c1)CCCC2. The monoisotopic (exact) mass is 392 g/mol. The molecule has 1 aromatic heterocycles. The van der Waals surface area contributed by atoms with Crippen LogP contribution in [0.25, 0.3) is 0 Å². The Balaban J connectivity index is 1.62. The molecule has 26 heavy (non-hydrogen) atoms. The molecular formula is C19H24N2O3S2. The number of sulfonamides is 1. The van der Waals surface area contributed by atoms with Crippen LogP contribution < -0.4 is 5.32 Å². The van der Waals surface area contributed by atoms with Gasteiger partial charge in [0.15, 0.2) is 0 Å². The summed E-state index contributed by atoms with van der Waals surface area (Å²) in [5, 5.41) is 4.62. The lowest BCUT2D eigenvalue weighted by atomic mass is 9.89. The summed E-state index contributed by atoms with van der Waals surface area (Å²) in [5.41, 5.74) is 3.83. The van der Waals surface area contributed by atoms with E-state index in [1.54, 1.807) is 17.5 Å². The fourth-order valence-electron chi connectivity index (χ4n) is 3.24. The maximum atomic E-state index is 12.4. The van der Waals surface area contributed by atoms with Gasteiger partial charge in [0.1, 0.15) is 4.21 Å². The summed E-state index contributed by atoms with van der Waals surface area (Å²) in [6.45, 7) is 1.73. The van der Waals surface area contributed by atoms with Crippen LogP contribution in [0.1, 0.15) is 42.5 Å². The van der Waals surface area contributed by atoms with Crippen molar-refractivity contribution in [2.45, 2.75) is 42.9 Å². The molecule has 0 bridgehead atoms. The van der Waals surface area contributed by atoms with E-state index in [2.05, 4.69) is 23.5 Å². The van der Waals surface area contributed by atoms with Crippen LogP contribution in [0.5, 0.6) is 0 Å². The first-order chi connectivity index (χ1) is 12.4. The van der Waals surface area contributed by atoms with Gasteiger partial charge < -0.3 is 5.32 Å². The third-order valence-corrected chi connectivity index (χ3v) is 7.95. The standard InChI is InChI=1S/C19H24N2O3S2/c1-14(16-10-9-15-6-3-4-7-17(15)12-16)20-18(22)13-21(2)26(23,24)19-8-5-11-25-19/h5,8-12,14H,3-4,6-7,13H2,1-2H3,(H,20,22). The van der Waals surface area contributed by atoms with Crippen molar-refractivity contribution in [3.8, 4) is 0 Å². The molecule has 140 valence electrons. The van der Waals surface area contributed by atoms with E-state index in [0.717, 1.165) is 34.0 Å². The molecule has 1 amide bonds. The highest BCUT2D eigenvalue weighted by Gasteiger charge is 2.24. The van der Waals surface area contributed by atoms with Crippen LogP contribution in [-0.2, 0) is 27.7 Å². The van der Waals surface area contributed by atoms with Crippen molar-refractivity contribution in [2.24, 2.45) is 0 Å². The van der Waals surface area contributed by atoms with Crippen LogP contribution in [0.3, 0.4) is 0 Å². The molecule has 1 aromatic carbocycles. The Morgan fingerprint density at radius 2 is 1.96 bits per heavy atom. The largest absolute Gasteiger partial charge is 0.348 e. The average Bonchev–Trinajstić information content (AvgIpc) is 3.16. The van der Waals surface area contributed by atoms with Gasteiger partial charge in [-0.3, -0.25) is 4.79 Å². The number of hydrogen-bond donors (Lipinski definition) is 1. The Morgan fingerprint density at radius 1 is 1.23 bits per heavy atom. The molecule has 1 heterocycles.